The zero-order chi connectivity index (χ0) is 20.9. The predicted octanol–water partition coefficient (Wildman–Crippen LogP) is 6.59. The number of rotatable bonds is 8. The lowest BCUT2D eigenvalue weighted by Gasteiger charge is -2.13. The zero-order valence-corrected chi connectivity index (χ0v) is 17.9. The van der Waals surface area contributed by atoms with E-state index in [0.29, 0.717) is 17.6 Å². The lowest BCUT2D eigenvalue weighted by molar-refractivity contribution is 0.514. The number of para-hydroxylation sites is 1. The molecule has 0 saturated carbocycles. The molecule has 4 aromatic rings. The first kappa shape index (κ1) is 20.6. The van der Waals surface area contributed by atoms with Gasteiger partial charge in [0.15, 0.2) is 0 Å². The highest BCUT2D eigenvalue weighted by atomic mass is 35.5. The zero-order valence-electron chi connectivity index (χ0n) is 17.1. The van der Waals surface area contributed by atoms with Crippen LogP contribution in [0.5, 0.6) is 0 Å². The Hall–Kier alpha value is -2.62. The Bertz CT molecular complexity index is 1120. The van der Waals surface area contributed by atoms with Crippen LogP contribution in [0.15, 0.2) is 79.0 Å². The highest BCUT2D eigenvalue weighted by Gasteiger charge is 2.11. The molecular formula is C26H26ClFN2. The van der Waals surface area contributed by atoms with Gasteiger partial charge in [-0.25, -0.2) is 4.39 Å². The van der Waals surface area contributed by atoms with Gasteiger partial charge in [0.2, 0.25) is 0 Å². The van der Waals surface area contributed by atoms with E-state index in [1.807, 2.05) is 6.07 Å². The van der Waals surface area contributed by atoms with Crippen molar-refractivity contribution in [1.82, 2.24) is 9.88 Å². The quantitative estimate of drug-likeness (QED) is 0.340. The maximum Gasteiger partial charge on any atom is 0.124 e. The van der Waals surface area contributed by atoms with Crippen LogP contribution in [0.25, 0.3) is 10.9 Å². The van der Waals surface area contributed by atoms with Crippen LogP contribution in [0.2, 0.25) is 5.02 Å². The van der Waals surface area contributed by atoms with Gasteiger partial charge in [0.05, 0.1) is 0 Å². The van der Waals surface area contributed by atoms with E-state index in [1.165, 1.54) is 28.6 Å². The average molecular weight is 421 g/mol. The van der Waals surface area contributed by atoms with Crippen molar-refractivity contribution in [3.8, 4) is 0 Å². The van der Waals surface area contributed by atoms with E-state index in [9.17, 15) is 4.39 Å². The fourth-order valence-corrected chi connectivity index (χ4v) is 4.07. The molecule has 154 valence electrons. The van der Waals surface area contributed by atoms with Crippen molar-refractivity contribution in [3.63, 3.8) is 0 Å². The molecule has 1 atom stereocenters. The summed E-state index contributed by atoms with van der Waals surface area (Å²) in [4.78, 5) is 0. The molecule has 30 heavy (non-hydrogen) atoms. The maximum atomic E-state index is 13.4. The standard InChI is InChI=1S/C26H26ClFN2/c1-19(11-12-20-7-3-2-4-8-20)29-16-22-18-30(26-10-6-5-9-24(22)26)17-21-13-14-23(28)15-25(21)27/h2-10,13-15,18-19,29H,11-12,16-17H2,1H3/t19-/m1/s1. The SMILES string of the molecule is C[C@H](CCc1ccccc1)NCc1cn(Cc2ccc(F)cc2Cl)c2ccccc12. The third-order valence-electron chi connectivity index (χ3n) is 5.58. The van der Waals surface area contributed by atoms with Gasteiger partial charge in [-0.05, 0) is 54.7 Å². The Balaban J connectivity index is 1.46. The Morgan fingerprint density at radius 3 is 2.53 bits per heavy atom. The Morgan fingerprint density at radius 1 is 0.967 bits per heavy atom. The molecule has 2 nitrogen and oxygen atoms in total. The highest BCUT2D eigenvalue weighted by molar-refractivity contribution is 6.31. The molecule has 0 amide bonds. The van der Waals surface area contributed by atoms with Gasteiger partial charge in [-0.1, -0.05) is 66.2 Å². The van der Waals surface area contributed by atoms with E-state index in [4.69, 9.17) is 11.6 Å². The molecule has 1 heterocycles. The Morgan fingerprint density at radius 2 is 1.73 bits per heavy atom. The minimum absolute atomic E-state index is 0.310. The number of benzene rings is 3. The van der Waals surface area contributed by atoms with Crippen LogP contribution in [0.4, 0.5) is 4.39 Å². The van der Waals surface area contributed by atoms with Crippen molar-refractivity contribution in [3.05, 3.63) is 107 Å². The summed E-state index contributed by atoms with van der Waals surface area (Å²) in [5, 5.41) is 5.36. The van der Waals surface area contributed by atoms with Gasteiger partial charge < -0.3 is 9.88 Å². The van der Waals surface area contributed by atoms with Gasteiger partial charge in [-0.15, -0.1) is 0 Å². The molecule has 0 fully saturated rings. The number of hydrogen-bond donors (Lipinski definition) is 1. The molecule has 0 spiro atoms. The van der Waals surface area contributed by atoms with Gasteiger partial charge in [-0.2, -0.15) is 0 Å². The van der Waals surface area contributed by atoms with Gasteiger partial charge >= 0.3 is 0 Å². The number of aryl methyl sites for hydroxylation is 1. The minimum Gasteiger partial charge on any atom is -0.343 e. The highest BCUT2D eigenvalue weighted by Crippen LogP contribution is 2.25. The lowest BCUT2D eigenvalue weighted by atomic mass is 10.1. The number of nitrogens with zero attached hydrogens (tertiary/aromatic N) is 1. The first-order chi connectivity index (χ1) is 14.6. The van der Waals surface area contributed by atoms with Gasteiger partial charge in [0.1, 0.15) is 5.82 Å². The summed E-state index contributed by atoms with van der Waals surface area (Å²) < 4.78 is 15.6. The lowest BCUT2D eigenvalue weighted by Crippen LogP contribution is -2.25. The Labute approximate surface area is 182 Å². The van der Waals surface area contributed by atoms with Crippen molar-refractivity contribution >= 4 is 22.5 Å². The predicted molar refractivity (Wildman–Crippen MR) is 124 cm³/mol. The van der Waals surface area contributed by atoms with E-state index in [-0.39, 0.29) is 5.82 Å². The van der Waals surface area contributed by atoms with Crippen LogP contribution in [0, 0.1) is 5.82 Å². The van der Waals surface area contributed by atoms with Crippen molar-refractivity contribution in [2.45, 2.75) is 38.9 Å². The van der Waals surface area contributed by atoms with Gasteiger partial charge in [0.25, 0.3) is 0 Å². The molecule has 0 bridgehead atoms. The van der Waals surface area contributed by atoms with Gasteiger partial charge in [-0.3, -0.25) is 0 Å². The monoisotopic (exact) mass is 420 g/mol. The smallest absolute Gasteiger partial charge is 0.124 e. The summed E-state index contributed by atoms with van der Waals surface area (Å²) >= 11 is 6.26. The number of nitrogens with one attached hydrogen (secondary N) is 1. The van der Waals surface area contributed by atoms with E-state index in [0.717, 1.165) is 30.5 Å². The summed E-state index contributed by atoms with van der Waals surface area (Å²) in [6.07, 6.45) is 4.34. The van der Waals surface area contributed by atoms with E-state index >= 15 is 0 Å². The number of halogens is 2. The topological polar surface area (TPSA) is 17.0 Å². The maximum absolute atomic E-state index is 13.4. The van der Waals surface area contributed by atoms with Crippen LogP contribution < -0.4 is 5.32 Å². The summed E-state index contributed by atoms with van der Waals surface area (Å²) in [5.74, 6) is -0.310. The molecule has 1 N–H and O–H groups in total. The summed E-state index contributed by atoms with van der Waals surface area (Å²) in [7, 11) is 0. The van der Waals surface area contributed by atoms with Crippen molar-refractivity contribution < 1.29 is 4.39 Å². The van der Waals surface area contributed by atoms with Crippen molar-refractivity contribution in [2.75, 3.05) is 0 Å². The van der Waals surface area contributed by atoms with Crippen LogP contribution in [0.3, 0.4) is 0 Å². The molecular weight excluding hydrogens is 395 g/mol. The molecule has 0 aliphatic carbocycles. The van der Waals surface area contributed by atoms with E-state index < -0.39 is 0 Å². The molecule has 0 aliphatic rings. The van der Waals surface area contributed by atoms with Crippen molar-refractivity contribution in [1.29, 1.82) is 0 Å². The molecule has 1 aromatic heterocycles. The Kier molecular flexibility index (Phi) is 6.51. The van der Waals surface area contributed by atoms with Gasteiger partial charge in [0, 0.05) is 41.3 Å². The van der Waals surface area contributed by atoms with E-state index in [2.05, 4.69) is 71.5 Å². The first-order valence-electron chi connectivity index (χ1n) is 10.4. The minimum atomic E-state index is -0.310. The number of hydrogen-bond acceptors (Lipinski definition) is 1. The summed E-state index contributed by atoms with van der Waals surface area (Å²) in [6.45, 7) is 3.66. The summed E-state index contributed by atoms with van der Waals surface area (Å²) in [5.41, 5.74) is 4.70. The van der Waals surface area contributed by atoms with Crippen LogP contribution >= 0.6 is 11.6 Å². The largest absolute Gasteiger partial charge is 0.343 e. The second-order valence-electron chi connectivity index (χ2n) is 7.84. The number of fused-ring (bicyclic) bond motifs is 1. The van der Waals surface area contributed by atoms with E-state index in [1.54, 1.807) is 6.07 Å². The molecule has 4 heteroatoms. The molecule has 0 radical (unpaired) electrons. The van der Waals surface area contributed by atoms with Crippen molar-refractivity contribution in [2.24, 2.45) is 0 Å². The second-order valence-corrected chi connectivity index (χ2v) is 8.25. The fraction of sp³-hybridized carbons (Fsp3) is 0.231. The summed E-state index contributed by atoms with van der Waals surface area (Å²) in [6, 6.07) is 24.0. The normalized spacial score (nSPS) is 12.4. The second kappa shape index (κ2) is 9.46. The molecule has 0 saturated heterocycles. The molecule has 0 unspecified atom stereocenters. The first-order valence-corrected chi connectivity index (χ1v) is 10.8. The third kappa shape index (κ3) is 4.92. The number of aromatic nitrogens is 1. The van der Waals surface area contributed by atoms with Crippen LogP contribution in [0.1, 0.15) is 30.0 Å². The van der Waals surface area contributed by atoms with Crippen LogP contribution in [-0.2, 0) is 19.5 Å². The average Bonchev–Trinajstić information content (AvgIpc) is 3.11. The molecule has 0 aliphatic heterocycles. The third-order valence-corrected chi connectivity index (χ3v) is 5.93. The molecule has 4 rings (SSSR count). The fourth-order valence-electron chi connectivity index (χ4n) is 3.84. The van der Waals surface area contributed by atoms with Crippen LogP contribution in [-0.4, -0.2) is 10.6 Å². The molecule has 3 aromatic carbocycles.